The van der Waals surface area contributed by atoms with Crippen LogP contribution >= 0.6 is 23.2 Å². The van der Waals surface area contributed by atoms with Gasteiger partial charge in [0, 0.05) is 41.1 Å². The van der Waals surface area contributed by atoms with Crippen molar-refractivity contribution >= 4 is 51.9 Å². The Morgan fingerprint density at radius 3 is 2.46 bits per heavy atom. The van der Waals surface area contributed by atoms with Crippen LogP contribution in [0.25, 0.3) is 0 Å². The minimum absolute atomic E-state index is 0.0300. The van der Waals surface area contributed by atoms with Gasteiger partial charge < -0.3 is 9.80 Å². The first kappa shape index (κ1) is 22.4. The van der Waals surface area contributed by atoms with E-state index in [4.69, 9.17) is 28.3 Å². The second kappa shape index (κ2) is 8.28. The van der Waals surface area contributed by atoms with Gasteiger partial charge >= 0.3 is 0 Å². The Kier molecular flexibility index (Phi) is 5.31. The highest BCUT2D eigenvalue weighted by Crippen LogP contribution is 2.49. The molecule has 0 unspecified atom stereocenters. The molecule has 0 radical (unpaired) electrons. The van der Waals surface area contributed by atoms with E-state index in [0.29, 0.717) is 23.0 Å². The standard InChI is InChI=1S/C28H26Cl2N4O/c1-18-6-10-23(11-7-18)34-27(35)28(19(2)31-34)16-20-8-9-22(30)15-25(20)33-13-12-32(17-26(28)33)24-5-3-4-21(29)14-24/h3-11,14-15,26H,12-13,16-17H2,1-2H3/t26-,28-/m1/s1. The second-order valence-corrected chi connectivity index (χ2v) is 10.6. The van der Waals surface area contributed by atoms with Crippen LogP contribution in [-0.4, -0.2) is 37.3 Å². The van der Waals surface area contributed by atoms with Crippen LogP contribution in [0.3, 0.4) is 0 Å². The molecular weight excluding hydrogens is 479 g/mol. The van der Waals surface area contributed by atoms with Crippen molar-refractivity contribution in [3.63, 3.8) is 0 Å². The molecule has 3 aromatic rings. The SMILES string of the molecule is CC1=NN(c2ccc(C)cc2)C(=O)[C@]12Cc1ccc(Cl)cc1N1CCN(c3cccc(Cl)c3)C[C@@H]12. The smallest absolute Gasteiger partial charge is 0.261 e. The monoisotopic (exact) mass is 504 g/mol. The van der Waals surface area contributed by atoms with Crippen LogP contribution in [-0.2, 0) is 11.2 Å². The fourth-order valence-corrected chi connectivity index (χ4v) is 6.20. The van der Waals surface area contributed by atoms with Crippen molar-refractivity contribution in [2.24, 2.45) is 10.5 Å². The zero-order valence-electron chi connectivity index (χ0n) is 19.7. The number of piperazine rings is 1. The number of hydrogen-bond donors (Lipinski definition) is 0. The van der Waals surface area contributed by atoms with Gasteiger partial charge in [-0.2, -0.15) is 10.1 Å². The summed E-state index contributed by atoms with van der Waals surface area (Å²) in [7, 11) is 0. The highest BCUT2D eigenvalue weighted by atomic mass is 35.5. The van der Waals surface area contributed by atoms with E-state index in [1.807, 2.05) is 68.4 Å². The number of hydrogen-bond acceptors (Lipinski definition) is 4. The molecule has 0 aliphatic carbocycles. The molecule has 1 amide bonds. The van der Waals surface area contributed by atoms with E-state index in [1.54, 1.807) is 5.01 Å². The zero-order chi connectivity index (χ0) is 24.3. The lowest BCUT2D eigenvalue weighted by Gasteiger charge is -2.53. The summed E-state index contributed by atoms with van der Waals surface area (Å²) < 4.78 is 0. The van der Waals surface area contributed by atoms with Gasteiger partial charge in [-0.3, -0.25) is 4.79 Å². The van der Waals surface area contributed by atoms with E-state index in [9.17, 15) is 4.79 Å². The molecule has 35 heavy (non-hydrogen) atoms. The molecule has 2 atom stereocenters. The molecule has 1 fully saturated rings. The number of carbonyl (C=O) groups excluding carboxylic acids is 1. The van der Waals surface area contributed by atoms with Gasteiger partial charge in [0.2, 0.25) is 0 Å². The summed E-state index contributed by atoms with van der Waals surface area (Å²) >= 11 is 12.7. The summed E-state index contributed by atoms with van der Waals surface area (Å²) in [6.45, 7) is 6.33. The molecule has 178 valence electrons. The van der Waals surface area contributed by atoms with Gasteiger partial charge in [0.15, 0.2) is 0 Å². The molecule has 0 N–H and O–H groups in total. The molecule has 3 aromatic carbocycles. The molecule has 5 nitrogen and oxygen atoms in total. The number of nitrogens with zero attached hydrogens (tertiary/aromatic N) is 4. The maximum atomic E-state index is 14.3. The number of anilines is 3. The van der Waals surface area contributed by atoms with Gasteiger partial charge in [0.05, 0.1) is 17.4 Å². The molecule has 3 heterocycles. The summed E-state index contributed by atoms with van der Waals surface area (Å²) in [6, 6.07) is 21.8. The van der Waals surface area contributed by atoms with Crippen molar-refractivity contribution in [1.29, 1.82) is 0 Å². The minimum atomic E-state index is -0.761. The number of hydrazone groups is 1. The Morgan fingerprint density at radius 2 is 1.69 bits per heavy atom. The van der Waals surface area contributed by atoms with E-state index in [0.717, 1.165) is 47.0 Å². The molecule has 1 saturated heterocycles. The summed E-state index contributed by atoms with van der Waals surface area (Å²) in [5.41, 5.74) is 5.36. The van der Waals surface area contributed by atoms with Gasteiger partial charge in [-0.25, -0.2) is 0 Å². The Morgan fingerprint density at radius 1 is 0.914 bits per heavy atom. The summed E-state index contributed by atoms with van der Waals surface area (Å²) in [5.74, 6) is 0.0300. The quantitative estimate of drug-likeness (QED) is 0.431. The largest absolute Gasteiger partial charge is 0.368 e. The van der Waals surface area contributed by atoms with Gasteiger partial charge in [-0.05, 0) is 68.3 Å². The summed E-state index contributed by atoms with van der Waals surface area (Å²) in [4.78, 5) is 19.0. The summed E-state index contributed by atoms with van der Waals surface area (Å²) in [6.07, 6.45) is 0.598. The van der Waals surface area contributed by atoms with Crippen LogP contribution in [0.4, 0.5) is 17.1 Å². The van der Waals surface area contributed by atoms with E-state index in [-0.39, 0.29) is 11.9 Å². The number of amides is 1. The highest BCUT2D eigenvalue weighted by Gasteiger charge is 2.60. The number of halogens is 2. The van der Waals surface area contributed by atoms with Crippen molar-refractivity contribution in [2.75, 3.05) is 34.4 Å². The average Bonchev–Trinajstić information content (AvgIpc) is 3.10. The van der Waals surface area contributed by atoms with E-state index in [2.05, 4.69) is 21.9 Å². The van der Waals surface area contributed by atoms with Crippen molar-refractivity contribution in [2.45, 2.75) is 26.3 Å². The van der Waals surface area contributed by atoms with Gasteiger partial charge in [0.1, 0.15) is 5.41 Å². The van der Waals surface area contributed by atoms with Crippen molar-refractivity contribution in [1.82, 2.24) is 0 Å². The lowest BCUT2D eigenvalue weighted by molar-refractivity contribution is -0.125. The van der Waals surface area contributed by atoms with Gasteiger partial charge in [-0.15, -0.1) is 0 Å². The van der Waals surface area contributed by atoms with Crippen LogP contribution in [0.1, 0.15) is 18.1 Å². The predicted octanol–water partition coefficient (Wildman–Crippen LogP) is 5.96. The van der Waals surface area contributed by atoms with Crippen LogP contribution in [0, 0.1) is 12.3 Å². The molecule has 3 aliphatic rings. The number of aryl methyl sites for hydroxylation is 1. The van der Waals surface area contributed by atoms with Crippen LogP contribution in [0.5, 0.6) is 0 Å². The Bertz CT molecular complexity index is 1360. The fraction of sp³-hybridized carbons (Fsp3) is 0.286. The third-order valence-electron chi connectivity index (χ3n) is 7.70. The lowest BCUT2D eigenvalue weighted by Crippen LogP contribution is -2.67. The number of carbonyl (C=O) groups is 1. The second-order valence-electron chi connectivity index (χ2n) is 9.69. The van der Waals surface area contributed by atoms with Crippen molar-refractivity contribution in [3.8, 4) is 0 Å². The third-order valence-corrected chi connectivity index (χ3v) is 8.17. The zero-order valence-corrected chi connectivity index (χ0v) is 21.2. The lowest BCUT2D eigenvalue weighted by atomic mass is 9.67. The Hall–Kier alpha value is -3.02. The molecule has 1 spiro atoms. The molecule has 7 heteroatoms. The van der Waals surface area contributed by atoms with Gasteiger partial charge in [-0.1, -0.05) is 53.0 Å². The normalized spacial score (nSPS) is 23.4. The number of fused-ring (bicyclic) bond motifs is 4. The molecule has 3 aliphatic heterocycles. The van der Waals surface area contributed by atoms with E-state index >= 15 is 0 Å². The third kappa shape index (κ3) is 3.52. The highest BCUT2D eigenvalue weighted by molar-refractivity contribution is 6.31. The van der Waals surface area contributed by atoms with E-state index < -0.39 is 5.41 Å². The molecule has 0 aromatic heterocycles. The first-order chi connectivity index (χ1) is 16.9. The first-order valence-electron chi connectivity index (χ1n) is 11.9. The van der Waals surface area contributed by atoms with Crippen LogP contribution in [0.2, 0.25) is 10.0 Å². The number of benzene rings is 3. The number of rotatable bonds is 2. The molecule has 0 saturated carbocycles. The Labute approximate surface area is 215 Å². The van der Waals surface area contributed by atoms with E-state index in [1.165, 1.54) is 0 Å². The Balaban J connectivity index is 1.45. The maximum absolute atomic E-state index is 14.3. The van der Waals surface area contributed by atoms with Gasteiger partial charge in [0.25, 0.3) is 5.91 Å². The van der Waals surface area contributed by atoms with Crippen LogP contribution in [0.15, 0.2) is 71.8 Å². The topological polar surface area (TPSA) is 39.2 Å². The summed E-state index contributed by atoms with van der Waals surface area (Å²) in [5, 5.41) is 7.87. The first-order valence-corrected chi connectivity index (χ1v) is 12.6. The van der Waals surface area contributed by atoms with Crippen molar-refractivity contribution < 1.29 is 4.79 Å². The van der Waals surface area contributed by atoms with Crippen LogP contribution < -0.4 is 14.8 Å². The average molecular weight is 505 g/mol. The fourth-order valence-electron chi connectivity index (χ4n) is 5.85. The minimum Gasteiger partial charge on any atom is -0.368 e. The molecule has 6 rings (SSSR count). The predicted molar refractivity (Wildman–Crippen MR) is 144 cm³/mol. The molecule has 0 bridgehead atoms. The maximum Gasteiger partial charge on any atom is 0.261 e. The molecular formula is C28H26Cl2N4O. The van der Waals surface area contributed by atoms with Crippen molar-refractivity contribution in [3.05, 3.63) is 87.9 Å².